The number of benzene rings is 1. The Bertz CT molecular complexity index is 473. The van der Waals surface area contributed by atoms with Crippen molar-refractivity contribution in [2.45, 2.75) is 6.42 Å². The second-order valence-electron chi connectivity index (χ2n) is 3.68. The number of hydrogen-bond donors (Lipinski definition) is 2. The van der Waals surface area contributed by atoms with Crippen molar-refractivity contribution in [1.82, 2.24) is 0 Å². The van der Waals surface area contributed by atoms with E-state index in [9.17, 15) is 9.59 Å². The molecule has 17 heavy (non-hydrogen) atoms. The summed E-state index contributed by atoms with van der Waals surface area (Å²) in [5, 5.41) is 0. The van der Waals surface area contributed by atoms with Crippen LogP contribution in [0.2, 0.25) is 0 Å². The number of anilines is 2. The molecule has 4 N–H and O–H groups in total. The van der Waals surface area contributed by atoms with Gasteiger partial charge in [0.25, 0.3) is 5.91 Å². The van der Waals surface area contributed by atoms with E-state index in [1.54, 1.807) is 18.2 Å². The van der Waals surface area contributed by atoms with Crippen molar-refractivity contribution < 1.29 is 14.3 Å². The Morgan fingerprint density at radius 1 is 1.47 bits per heavy atom. The molecular formula is C11H13N3O3. The van der Waals surface area contributed by atoms with Gasteiger partial charge in [0, 0.05) is 18.7 Å². The van der Waals surface area contributed by atoms with Crippen LogP contribution in [0.1, 0.15) is 6.42 Å². The second-order valence-corrected chi connectivity index (χ2v) is 3.68. The standard InChI is InChI=1S/C11H13N3O3/c12-4-3-10(15)14-8-5-7(13)1-2-9(8)17-6-11(14)16/h1-2,5H,3-4,6,12-13H2. The van der Waals surface area contributed by atoms with Gasteiger partial charge in [0.2, 0.25) is 5.91 Å². The smallest absolute Gasteiger partial charge is 0.271 e. The molecule has 0 aromatic heterocycles. The van der Waals surface area contributed by atoms with E-state index in [0.29, 0.717) is 17.1 Å². The van der Waals surface area contributed by atoms with Crippen LogP contribution in [0.25, 0.3) is 0 Å². The Morgan fingerprint density at radius 3 is 2.94 bits per heavy atom. The Hall–Kier alpha value is -2.08. The van der Waals surface area contributed by atoms with Crippen LogP contribution in [0, 0.1) is 0 Å². The molecule has 0 radical (unpaired) electrons. The summed E-state index contributed by atoms with van der Waals surface area (Å²) in [4.78, 5) is 24.6. The lowest BCUT2D eigenvalue weighted by molar-refractivity contribution is -0.128. The SMILES string of the molecule is NCCC(=O)N1C(=O)COc2ccc(N)cc21. The van der Waals surface area contributed by atoms with Gasteiger partial charge in [0.15, 0.2) is 6.61 Å². The number of nitrogens with zero attached hydrogens (tertiary/aromatic N) is 1. The van der Waals surface area contributed by atoms with Gasteiger partial charge >= 0.3 is 0 Å². The molecule has 0 saturated carbocycles. The highest BCUT2D eigenvalue weighted by molar-refractivity contribution is 6.17. The summed E-state index contributed by atoms with van der Waals surface area (Å²) < 4.78 is 5.22. The lowest BCUT2D eigenvalue weighted by atomic mass is 10.2. The number of nitrogen functional groups attached to an aromatic ring is 1. The molecule has 0 spiro atoms. The predicted octanol–water partition coefficient (Wildman–Crippen LogP) is -0.130. The Labute approximate surface area is 98.1 Å². The minimum Gasteiger partial charge on any atom is -0.482 e. The molecule has 0 aliphatic carbocycles. The van der Waals surface area contributed by atoms with Crippen LogP contribution in [-0.4, -0.2) is 25.0 Å². The van der Waals surface area contributed by atoms with E-state index in [1.807, 2.05) is 0 Å². The van der Waals surface area contributed by atoms with E-state index in [1.165, 1.54) is 0 Å². The number of amides is 2. The van der Waals surface area contributed by atoms with Crippen molar-refractivity contribution in [3.63, 3.8) is 0 Å². The molecule has 0 unspecified atom stereocenters. The molecule has 0 saturated heterocycles. The summed E-state index contributed by atoms with van der Waals surface area (Å²) in [5.74, 6) is -0.265. The average Bonchev–Trinajstić information content (AvgIpc) is 2.28. The van der Waals surface area contributed by atoms with Crippen molar-refractivity contribution in [3.05, 3.63) is 18.2 Å². The maximum Gasteiger partial charge on any atom is 0.271 e. The molecule has 2 rings (SSSR count). The lowest BCUT2D eigenvalue weighted by Crippen LogP contribution is -2.43. The van der Waals surface area contributed by atoms with Crippen molar-refractivity contribution in [2.24, 2.45) is 5.73 Å². The zero-order chi connectivity index (χ0) is 12.4. The number of hydrogen-bond acceptors (Lipinski definition) is 5. The predicted molar refractivity (Wildman–Crippen MR) is 62.5 cm³/mol. The Morgan fingerprint density at radius 2 is 2.24 bits per heavy atom. The van der Waals surface area contributed by atoms with Crippen molar-refractivity contribution in [3.8, 4) is 5.75 Å². The first kappa shape index (κ1) is 11.4. The third-order valence-electron chi connectivity index (χ3n) is 2.43. The number of ether oxygens (including phenoxy) is 1. The largest absolute Gasteiger partial charge is 0.482 e. The van der Waals surface area contributed by atoms with Crippen LogP contribution in [0.15, 0.2) is 18.2 Å². The van der Waals surface area contributed by atoms with Crippen LogP contribution in [0.5, 0.6) is 5.75 Å². The molecule has 1 aromatic rings. The molecule has 6 nitrogen and oxygen atoms in total. The minimum absolute atomic E-state index is 0.111. The average molecular weight is 235 g/mol. The maximum atomic E-state index is 11.8. The van der Waals surface area contributed by atoms with Gasteiger partial charge in [0.1, 0.15) is 5.75 Å². The summed E-state index contributed by atoms with van der Waals surface area (Å²) in [5.41, 5.74) is 11.8. The fourth-order valence-corrected chi connectivity index (χ4v) is 1.68. The van der Waals surface area contributed by atoms with Crippen molar-refractivity contribution in [2.75, 3.05) is 23.8 Å². The highest BCUT2D eigenvalue weighted by Crippen LogP contribution is 2.33. The van der Waals surface area contributed by atoms with Crippen LogP contribution in [0.4, 0.5) is 11.4 Å². The van der Waals surface area contributed by atoms with E-state index in [0.717, 1.165) is 4.90 Å². The molecule has 1 aliphatic rings. The van der Waals surface area contributed by atoms with Gasteiger partial charge < -0.3 is 16.2 Å². The van der Waals surface area contributed by atoms with Gasteiger partial charge in [-0.2, -0.15) is 0 Å². The Kier molecular flexibility index (Phi) is 2.97. The van der Waals surface area contributed by atoms with E-state index in [2.05, 4.69) is 0 Å². The van der Waals surface area contributed by atoms with Gasteiger partial charge in [-0.15, -0.1) is 0 Å². The van der Waals surface area contributed by atoms with E-state index < -0.39 is 5.91 Å². The topological polar surface area (TPSA) is 98.7 Å². The Balaban J connectivity index is 2.42. The highest BCUT2D eigenvalue weighted by atomic mass is 16.5. The fourth-order valence-electron chi connectivity index (χ4n) is 1.68. The minimum atomic E-state index is -0.401. The third kappa shape index (κ3) is 2.07. The first-order chi connectivity index (χ1) is 8.13. The molecule has 0 atom stereocenters. The number of carbonyl (C=O) groups is 2. The molecule has 6 heteroatoms. The van der Waals surface area contributed by atoms with E-state index in [4.69, 9.17) is 16.2 Å². The number of fused-ring (bicyclic) bond motifs is 1. The summed E-state index contributed by atoms with van der Waals surface area (Å²) >= 11 is 0. The molecular weight excluding hydrogens is 222 g/mol. The van der Waals surface area contributed by atoms with Crippen LogP contribution in [0.3, 0.4) is 0 Å². The van der Waals surface area contributed by atoms with Crippen LogP contribution < -0.4 is 21.1 Å². The number of imide groups is 1. The number of rotatable bonds is 2. The van der Waals surface area contributed by atoms with Crippen LogP contribution in [-0.2, 0) is 9.59 Å². The van der Waals surface area contributed by atoms with E-state index in [-0.39, 0.29) is 25.5 Å². The summed E-state index contributed by atoms with van der Waals surface area (Å²) in [6.07, 6.45) is 0.111. The molecule has 1 heterocycles. The molecule has 90 valence electrons. The number of nitrogens with two attached hydrogens (primary N) is 2. The molecule has 0 bridgehead atoms. The maximum absolute atomic E-state index is 11.8. The zero-order valence-corrected chi connectivity index (χ0v) is 9.18. The van der Waals surface area contributed by atoms with Gasteiger partial charge in [0.05, 0.1) is 5.69 Å². The summed E-state index contributed by atoms with van der Waals surface area (Å²) in [7, 11) is 0. The van der Waals surface area contributed by atoms with Crippen molar-refractivity contribution >= 4 is 23.2 Å². The van der Waals surface area contributed by atoms with Gasteiger partial charge in [-0.1, -0.05) is 0 Å². The third-order valence-corrected chi connectivity index (χ3v) is 2.43. The van der Waals surface area contributed by atoms with Crippen LogP contribution >= 0.6 is 0 Å². The van der Waals surface area contributed by atoms with E-state index >= 15 is 0 Å². The highest BCUT2D eigenvalue weighted by Gasteiger charge is 2.30. The first-order valence-corrected chi connectivity index (χ1v) is 5.21. The molecule has 2 amide bonds. The first-order valence-electron chi connectivity index (χ1n) is 5.21. The van der Waals surface area contributed by atoms with Gasteiger partial charge in [-0.05, 0) is 18.2 Å². The quantitative estimate of drug-likeness (QED) is 0.696. The second kappa shape index (κ2) is 4.42. The van der Waals surface area contributed by atoms with Crippen molar-refractivity contribution in [1.29, 1.82) is 0 Å². The molecule has 1 aromatic carbocycles. The van der Waals surface area contributed by atoms with Gasteiger partial charge in [-0.3, -0.25) is 9.59 Å². The summed E-state index contributed by atoms with van der Waals surface area (Å²) in [6, 6.07) is 4.83. The fraction of sp³-hybridized carbons (Fsp3) is 0.273. The lowest BCUT2D eigenvalue weighted by Gasteiger charge is -2.27. The summed E-state index contributed by atoms with van der Waals surface area (Å²) in [6.45, 7) is 0.0499. The number of carbonyl (C=O) groups excluding carboxylic acids is 2. The molecule has 1 aliphatic heterocycles. The molecule has 0 fully saturated rings. The zero-order valence-electron chi connectivity index (χ0n) is 9.18. The van der Waals surface area contributed by atoms with Gasteiger partial charge in [-0.25, -0.2) is 4.90 Å². The monoisotopic (exact) mass is 235 g/mol. The normalized spacial score (nSPS) is 14.2.